The number of nitrogens with one attached hydrogen (secondary N) is 1. The van der Waals surface area contributed by atoms with Gasteiger partial charge in [0.25, 0.3) is 0 Å². The minimum atomic E-state index is 0.0766. The fourth-order valence-corrected chi connectivity index (χ4v) is 2.73. The number of hydrogen-bond acceptors (Lipinski definition) is 2. The Labute approximate surface area is 123 Å². The number of carbonyl (C=O) groups is 1. The summed E-state index contributed by atoms with van der Waals surface area (Å²) in [5.41, 5.74) is 0.990. The molecule has 1 aliphatic rings. The summed E-state index contributed by atoms with van der Waals surface area (Å²) in [6.45, 7) is 4.34. The maximum absolute atomic E-state index is 12.3. The first kappa shape index (κ1) is 14.6. The van der Waals surface area contributed by atoms with Crippen molar-refractivity contribution in [2.24, 2.45) is 11.8 Å². The Morgan fingerprint density at radius 1 is 1.37 bits per heavy atom. The van der Waals surface area contributed by atoms with Gasteiger partial charge in [-0.3, -0.25) is 4.79 Å². The van der Waals surface area contributed by atoms with Crippen LogP contribution in [0.1, 0.15) is 12.5 Å². The highest BCUT2D eigenvalue weighted by Gasteiger charge is 2.31. The van der Waals surface area contributed by atoms with E-state index >= 15 is 0 Å². The van der Waals surface area contributed by atoms with Gasteiger partial charge in [0, 0.05) is 20.1 Å². The van der Waals surface area contributed by atoms with Crippen molar-refractivity contribution in [3.05, 3.63) is 33.8 Å². The molecule has 1 heterocycles. The maximum atomic E-state index is 12.3. The van der Waals surface area contributed by atoms with Crippen LogP contribution < -0.4 is 5.32 Å². The van der Waals surface area contributed by atoms with Crippen LogP contribution in [0.4, 0.5) is 0 Å². The SMILES string of the molecule is CC1CNCC1C(=O)N(C)Cc1ccc(Cl)c(Cl)c1. The van der Waals surface area contributed by atoms with Gasteiger partial charge in [-0.2, -0.15) is 0 Å². The van der Waals surface area contributed by atoms with Crippen LogP contribution in [0, 0.1) is 11.8 Å². The largest absolute Gasteiger partial charge is 0.341 e. The highest BCUT2D eigenvalue weighted by molar-refractivity contribution is 6.42. The lowest BCUT2D eigenvalue weighted by Gasteiger charge is -2.23. The van der Waals surface area contributed by atoms with E-state index in [-0.39, 0.29) is 11.8 Å². The molecule has 0 aliphatic carbocycles. The average molecular weight is 301 g/mol. The molecule has 2 unspecified atom stereocenters. The number of benzene rings is 1. The van der Waals surface area contributed by atoms with Gasteiger partial charge in [0.2, 0.25) is 5.91 Å². The summed E-state index contributed by atoms with van der Waals surface area (Å²) in [6, 6.07) is 5.47. The van der Waals surface area contributed by atoms with E-state index in [0.29, 0.717) is 22.5 Å². The normalized spacial score (nSPS) is 22.5. The molecule has 1 fully saturated rings. The molecule has 0 aromatic heterocycles. The average Bonchev–Trinajstić information content (AvgIpc) is 2.79. The van der Waals surface area contributed by atoms with E-state index < -0.39 is 0 Å². The summed E-state index contributed by atoms with van der Waals surface area (Å²) < 4.78 is 0. The third-order valence-electron chi connectivity index (χ3n) is 3.61. The first-order valence-corrected chi connectivity index (χ1v) is 7.14. The van der Waals surface area contributed by atoms with Crippen LogP contribution in [0.3, 0.4) is 0 Å². The highest BCUT2D eigenvalue weighted by Crippen LogP contribution is 2.24. The Bertz CT molecular complexity index is 479. The fraction of sp³-hybridized carbons (Fsp3) is 0.500. The van der Waals surface area contributed by atoms with E-state index in [2.05, 4.69) is 12.2 Å². The molecule has 1 aliphatic heterocycles. The summed E-state index contributed by atoms with van der Waals surface area (Å²) in [5, 5.41) is 4.31. The Kier molecular flexibility index (Phi) is 4.71. The third-order valence-corrected chi connectivity index (χ3v) is 4.35. The van der Waals surface area contributed by atoms with E-state index in [0.717, 1.165) is 18.7 Å². The minimum absolute atomic E-state index is 0.0766. The highest BCUT2D eigenvalue weighted by atomic mass is 35.5. The quantitative estimate of drug-likeness (QED) is 0.931. The zero-order chi connectivity index (χ0) is 14.0. The second-order valence-corrected chi connectivity index (χ2v) is 6.00. The summed E-state index contributed by atoms with van der Waals surface area (Å²) in [7, 11) is 1.83. The Morgan fingerprint density at radius 2 is 2.11 bits per heavy atom. The number of carbonyl (C=O) groups excluding carboxylic acids is 1. The van der Waals surface area contributed by atoms with Crippen molar-refractivity contribution in [3.63, 3.8) is 0 Å². The smallest absolute Gasteiger partial charge is 0.227 e. The molecule has 1 amide bonds. The standard InChI is InChI=1S/C14H18Cl2N2O/c1-9-6-17-7-11(9)14(19)18(2)8-10-3-4-12(15)13(16)5-10/h3-5,9,11,17H,6-8H2,1-2H3. The van der Waals surface area contributed by atoms with E-state index in [1.165, 1.54) is 0 Å². The lowest BCUT2D eigenvalue weighted by atomic mass is 9.96. The van der Waals surface area contributed by atoms with Crippen LogP contribution in [-0.4, -0.2) is 30.9 Å². The molecule has 1 N–H and O–H groups in total. The van der Waals surface area contributed by atoms with Crippen molar-refractivity contribution in [1.29, 1.82) is 0 Å². The van der Waals surface area contributed by atoms with E-state index in [4.69, 9.17) is 23.2 Å². The molecule has 0 spiro atoms. The summed E-state index contributed by atoms with van der Waals surface area (Å²) in [6.07, 6.45) is 0. The van der Waals surface area contributed by atoms with Crippen molar-refractivity contribution >= 4 is 29.1 Å². The molecule has 1 aromatic carbocycles. The summed E-state index contributed by atoms with van der Waals surface area (Å²) >= 11 is 11.9. The van der Waals surface area contributed by atoms with Crippen molar-refractivity contribution in [2.45, 2.75) is 13.5 Å². The Morgan fingerprint density at radius 3 is 2.68 bits per heavy atom. The van der Waals surface area contributed by atoms with Crippen LogP contribution in [0.25, 0.3) is 0 Å². The van der Waals surface area contributed by atoms with Crippen molar-refractivity contribution < 1.29 is 4.79 Å². The van der Waals surface area contributed by atoms with E-state index in [1.54, 1.807) is 11.0 Å². The minimum Gasteiger partial charge on any atom is -0.341 e. The monoisotopic (exact) mass is 300 g/mol. The molecule has 0 bridgehead atoms. The molecular weight excluding hydrogens is 283 g/mol. The van der Waals surface area contributed by atoms with Crippen LogP contribution in [0.15, 0.2) is 18.2 Å². The molecule has 0 radical (unpaired) electrons. The van der Waals surface area contributed by atoms with Crippen molar-refractivity contribution in [1.82, 2.24) is 10.2 Å². The van der Waals surface area contributed by atoms with Crippen molar-refractivity contribution in [3.8, 4) is 0 Å². The zero-order valence-electron chi connectivity index (χ0n) is 11.1. The van der Waals surface area contributed by atoms with Crippen LogP contribution in [-0.2, 0) is 11.3 Å². The van der Waals surface area contributed by atoms with Gasteiger partial charge in [-0.15, -0.1) is 0 Å². The number of nitrogens with zero attached hydrogens (tertiary/aromatic N) is 1. The van der Waals surface area contributed by atoms with Gasteiger partial charge in [-0.1, -0.05) is 36.2 Å². The Hall–Kier alpha value is -0.770. The van der Waals surface area contributed by atoms with Crippen molar-refractivity contribution in [2.75, 3.05) is 20.1 Å². The second-order valence-electron chi connectivity index (χ2n) is 5.18. The van der Waals surface area contributed by atoms with Gasteiger partial charge in [0.1, 0.15) is 0 Å². The number of hydrogen-bond donors (Lipinski definition) is 1. The molecule has 104 valence electrons. The Balaban J connectivity index is 2.01. The maximum Gasteiger partial charge on any atom is 0.227 e. The molecule has 2 atom stereocenters. The lowest BCUT2D eigenvalue weighted by molar-refractivity contribution is -0.135. The molecule has 19 heavy (non-hydrogen) atoms. The van der Waals surface area contributed by atoms with Crippen LogP contribution in [0.2, 0.25) is 10.0 Å². The van der Waals surface area contributed by atoms with Gasteiger partial charge < -0.3 is 10.2 Å². The molecule has 1 aromatic rings. The predicted octanol–water partition coefficient (Wildman–Crippen LogP) is 2.81. The fourth-order valence-electron chi connectivity index (χ4n) is 2.41. The molecular formula is C14H18Cl2N2O. The first-order valence-electron chi connectivity index (χ1n) is 6.38. The van der Waals surface area contributed by atoms with Crippen LogP contribution in [0.5, 0.6) is 0 Å². The van der Waals surface area contributed by atoms with Gasteiger partial charge in [-0.05, 0) is 30.2 Å². The van der Waals surface area contributed by atoms with Gasteiger partial charge in [-0.25, -0.2) is 0 Å². The van der Waals surface area contributed by atoms with Crippen LogP contribution >= 0.6 is 23.2 Å². The molecule has 3 nitrogen and oxygen atoms in total. The van der Waals surface area contributed by atoms with Gasteiger partial charge in [0.15, 0.2) is 0 Å². The van der Waals surface area contributed by atoms with Gasteiger partial charge in [0.05, 0.1) is 16.0 Å². The summed E-state index contributed by atoms with van der Waals surface area (Å²) in [5.74, 6) is 0.653. The number of amides is 1. The second kappa shape index (κ2) is 6.12. The molecule has 2 rings (SSSR count). The molecule has 5 heteroatoms. The lowest BCUT2D eigenvalue weighted by Crippen LogP contribution is -2.35. The van der Waals surface area contributed by atoms with Gasteiger partial charge >= 0.3 is 0 Å². The first-order chi connectivity index (χ1) is 8.99. The number of halogens is 2. The topological polar surface area (TPSA) is 32.3 Å². The van der Waals surface area contributed by atoms with E-state index in [1.807, 2.05) is 19.2 Å². The molecule has 1 saturated heterocycles. The molecule has 0 saturated carbocycles. The summed E-state index contributed by atoms with van der Waals surface area (Å²) in [4.78, 5) is 14.1. The number of rotatable bonds is 3. The zero-order valence-corrected chi connectivity index (χ0v) is 12.6. The third kappa shape index (κ3) is 3.41. The predicted molar refractivity (Wildman–Crippen MR) is 78.5 cm³/mol. The van der Waals surface area contributed by atoms with E-state index in [9.17, 15) is 4.79 Å².